The maximum absolute atomic E-state index is 12.0. The Hall–Kier alpha value is -2.63. The normalized spacial score (nSPS) is 10.5. The van der Waals surface area contributed by atoms with Crippen LogP contribution in [0, 0.1) is 5.92 Å². The molecule has 128 valence electrons. The van der Waals surface area contributed by atoms with E-state index in [0.717, 1.165) is 17.9 Å². The van der Waals surface area contributed by atoms with Crippen LogP contribution >= 0.6 is 0 Å². The van der Waals surface area contributed by atoms with Gasteiger partial charge in [0.1, 0.15) is 5.75 Å². The number of carbonyl (C=O) groups excluding carboxylic acids is 1. The van der Waals surface area contributed by atoms with Gasteiger partial charge in [-0.25, -0.2) is 0 Å². The van der Waals surface area contributed by atoms with Gasteiger partial charge < -0.3 is 15.4 Å². The van der Waals surface area contributed by atoms with E-state index in [1.165, 1.54) is 0 Å². The SMILES string of the molecule is CCOc1ccccc1Nc1ccc(C(=O)NCCC(C)C)nn1. The maximum Gasteiger partial charge on any atom is 0.271 e. The van der Waals surface area contributed by atoms with Crippen molar-refractivity contribution in [3.8, 4) is 5.75 Å². The molecule has 6 heteroatoms. The largest absolute Gasteiger partial charge is 0.492 e. The summed E-state index contributed by atoms with van der Waals surface area (Å²) in [6, 6.07) is 11.0. The van der Waals surface area contributed by atoms with Crippen LogP contribution in [0.25, 0.3) is 0 Å². The van der Waals surface area contributed by atoms with Crippen molar-refractivity contribution in [3.63, 3.8) is 0 Å². The topological polar surface area (TPSA) is 76.1 Å². The van der Waals surface area contributed by atoms with Gasteiger partial charge >= 0.3 is 0 Å². The second kappa shape index (κ2) is 8.86. The Kier molecular flexibility index (Phi) is 6.54. The van der Waals surface area contributed by atoms with Crippen LogP contribution in [-0.2, 0) is 0 Å². The molecule has 1 aromatic heterocycles. The van der Waals surface area contributed by atoms with Gasteiger partial charge in [-0.15, -0.1) is 10.2 Å². The molecule has 0 aliphatic rings. The summed E-state index contributed by atoms with van der Waals surface area (Å²) in [6.07, 6.45) is 0.938. The minimum atomic E-state index is -0.204. The molecule has 2 rings (SSSR count). The molecule has 0 spiro atoms. The molecule has 1 aromatic carbocycles. The molecule has 0 atom stereocenters. The highest BCUT2D eigenvalue weighted by molar-refractivity contribution is 5.92. The van der Waals surface area contributed by atoms with E-state index in [4.69, 9.17) is 4.74 Å². The van der Waals surface area contributed by atoms with Crippen molar-refractivity contribution in [2.24, 2.45) is 5.92 Å². The maximum atomic E-state index is 12.0. The van der Waals surface area contributed by atoms with Crippen LogP contribution in [-0.4, -0.2) is 29.3 Å². The second-order valence-corrected chi connectivity index (χ2v) is 5.80. The summed E-state index contributed by atoms with van der Waals surface area (Å²) in [4.78, 5) is 12.0. The summed E-state index contributed by atoms with van der Waals surface area (Å²) >= 11 is 0. The summed E-state index contributed by atoms with van der Waals surface area (Å²) in [6.45, 7) is 7.39. The summed E-state index contributed by atoms with van der Waals surface area (Å²) in [5, 5.41) is 14.0. The third-order valence-corrected chi connectivity index (χ3v) is 3.35. The summed E-state index contributed by atoms with van der Waals surface area (Å²) < 4.78 is 5.56. The van der Waals surface area contributed by atoms with E-state index in [-0.39, 0.29) is 5.91 Å². The Bertz CT molecular complexity index is 656. The summed E-state index contributed by atoms with van der Waals surface area (Å²) in [7, 11) is 0. The standard InChI is InChI=1S/C18H24N4O2/c1-4-24-16-8-6-5-7-14(16)20-17-10-9-15(21-22-17)18(23)19-12-11-13(2)3/h5-10,13H,4,11-12H2,1-3H3,(H,19,23)(H,20,22). The molecule has 0 saturated carbocycles. The molecule has 0 fully saturated rings. The minimum Gasteiger partial charge on any atom is -0.492 e. The van der Waals surface area contributed by atoms with Gasteiger partial charge in [0.15, 0.2) is 11.5 Å². The Balaban J connectivity index is 1.98. The fourth-order valence-electron chi connectivity index (χ4n) is 2.07. The van der Waals surface area contributed by atoms with Crippen LogP contribution in [0.15, 0.2) is 36.4 Å². The highest BCUT2D eigenvalue weighted by Gasteiger charge is 2.09. The van der Waals surface area contributed by atoms with Crippen molar-refractivity contribution in [1.29, 1.82) is 0 Å². The molecule has 2 aromatic rings. The van der Waals surface area contributed by atoms with Crippen molar-refractivity contribution in [3.05, 3.63) is 42.1 Å². The lowest BCUT2D eigenvalue weighted by Gasteiger charge is -2.11. The smallest absolute Gasteiger partial charge is 0.271 e. The number of amides is 1. The molecule has 0 radical (unpaired) electrons. The number of hydrogen-bond donors (Lipinski definition) is 2. The van der Waals surface area contributed by atoms with Crippen LogP contribution < -0.4 is 15.4 Å². The lowest BCUT2D eigenvalue weighted by molar-refractivity contribution is 0.0946. The minimum absolute atomic E-state index is 0.204. The van der Waals surface area contributed by atoms with Crippen molar-refractivity contribution < 1.29 is 9.53 Å². The van der Waals surface area contributed by atoms with Gasteiger partial charge in [-0.1, -0.05) is 26.0 Å². The lowest BCUT2D eigenvalue weighted by Crippen LogP contribution is -2.26. The fourth-order valence-corrected chi connectivity index (χ4v) is 2.07. The summed E-state index contributed by atoms with van der Waals surface area (Å²) in [5.41, 5.74) is 1.12. The molecule has 2 N–H and O–H groups in total. The van der Waals surface area contributed by atoms with Gasteiger partial charge in [-0.2, -0.15) is 0 Å². The van der Waals surface area contributed by atoms with E-state index in [9.17, 15) is 4.79 Å². The molecule has 0 bridgehead atoms. The van der Waals surface area contributed by atoms with Crippen molar-refractivity contribution in [1.82, 2.24) is 15.5 Å². The molecule has 1 amide bonds. The number of nitrogens with zero attached hydrogens (tertiary/aromatic N) is 2. The van der Waals surface area contributed by atoms with Crippen molar-refractivity contribution >= 4 is 17.4 Å². The Morgan fingerprint density at radius 3 is 2.62 bits per heavy atom. The van der Waals surface area contributed by atoms with Crippen molar-refractivity contribution in [2.75, 3.05) is 18.5 Å². The first kappa shape index (κ1) is 17.7. The molecule has 6 nitrogen and oxygen atoms in total. The number of ether oxygens (including phenoxy) is 1. The number of para-hydroxylation sites is 2. The third kappa shape index (κ3) is 5.22. The average molecular weight is 328 g/mol. The molecule has 24 heavy (non-hydrogen) atoms. The van der Waals surface area contributed by atoms with Crippen molar-refractivity contribution in [2.45, 2.75) is 27.2 Å². The van der Waals surface area contributed by atoms with Gasteiger partial charge in [-0.05, 0) is 43.5 Å². The van der Waals surface area contributed by atoms with Crippen LogP contribution in [0.3, 0.4) is 0 Å². The van der Waals surface area contributed by atoms with Gasteiger partial charge in [0.25, 0.3) is 5.91 Å². The summed E-state index contributed by atoms with van der Waals surface area (Å²) in [5.74, 6) is 1.65. The predicted molar refractivity (Wildman–Crippen MR) is 94.7 cm³/mol. The van der Waals surface area contributed by atoms with E-state index in [1.807, 2.05) is 31.2 Å². The molecule has 0 aliphatic carbocycles. The number of rotatable bonds is 8. The Morgan fingerprint density at radius 1 is 1.17 bits per heavy atom. The predicted octanol–water partition coefficient (Wildman–Crippen LogP) is 3.39. The molecule has 1 heterocycles. The lowest BCUT2D eigenvalue weighted by atomic mass is 10.1. The van der Waals surface area contributed by atoms with E-state index < -0.39 is 0 Å². The number of nitrogens with one attached hydrogen (secondary N) is 2. The number of aromatic nitrogens is 2. The zero-order chi connectivity index (χ0) is 17.4. The highest BCUT2D eigenvalue weighted by atomic mass is 16.5. The highest BCUT2D eigenvalue weighted by Crippen LogP contribution is 2.26. The number of benzene rings is 1. The van der Waals surface area contributed by atoms with E-state index >= 15 is 0 Å². The first-order chi connectivity index (χ1) is 11.6. The average Bonchev–Trinajstić information content (AvgIpc) is 2.57. The zero-order valence-electron chi connectivity index (χ0n) is 14.4. The zero-order valence-corrected chi connectivity index (χ0v) is 14.4. The van der Waals surface area contributed by atoms with E-state index in [2.05, 4.69) is 34.7 Å². The Morgan fingerprint density at radius 2 is 1.96 bits per heavy atom. The van der Waals surface area contributed by atoms with Crippen LogP contribution in [0.1, 0.15) is 37.7 Å². The monoisotopic (exact) mass is 328 g/mol. The molecule has 0 unspecified atom stereocenters. The molecular formula is C18H24N4O2. The van der Waals surface area contributed by atoms with Gasteiger partial charge in [-0.3, -0.25) is 4.79 Å². The van der Waals surface area contributed by atoms with Gasteiger partial charge in [0.05, 0.1) is 12.3 Å². The molecule has 0 saturated heterocycles. The van der Waals surface area contributed by atoms with E-state index in [0.29, 0.717) is 30.6 Å². The quantitative estimate of drug-likeness (QED) is 0.777. The molecule has 0 aliphatic heterocycles. The fraction of sp³-hybridized carbons (Fsp3) is 0.389. The molecular weight excluding hydrogens is 304 g/mol. The number of anilines is 2. The second-order valence-electron chi connectivity index (χ2n) is 5.80. The van der Waals surface area contributed by atoms with Gasteiger partial charge in [0, 0.05) is 6.54 Å². The van der Waals surface area contributed by atoms with Gasteiger partial charge in [0.2, 0.25) is 0 Å². The van der Waals surface area contributed by atoms with E-state index in [1.54, 1.807) is 12.1 Å². The number of carbonyl (C=O) groups is 1. The number of hydrogen-bond acceptors (Lipinski definition) is 5. The van der Waals surface area contributed by atoms with Crippen LogP contribution in [0.5, 0.6) is 5.75 Å². The van der Waals surface area contributed by atoms with Crippen LogP contribution in [0.4, 0.5) is 11.5 Å². The Labute approximate surface area is 142 Å². The first-order valence-corrected chi connectivity index (χ1v) is 8.21. The third-order valence-electron chi connectivity index (χ3n) is 3.35. The first-order valence-electron chi connectivity index (χ1n) is 8.21. The van der Waals surface area contributed by atoms with Crippen LogP contribution in [0.2, 0.25) is 0 Å².